The Balaban J connectivity index is 1.63. The van der Waals surface area contributed by atoms with Gasteiger partial charge < -0.3 is 14.6 Å². The van der Waals surface area contributed by atoms with Crippen LogP contribution in [0.3, 0.4) is 0 Å². The smallest absolute Gasteiger partial charge is 0.270 e. The molecule has 0 unspecified atom stereocenters. The molecular weight excluding hydrogens is 264 g/mol. The maximum atomic E-state index is 12.9. The fraction of sp³-hybridized carbons (Fsp3) is 0.471. The number of rotatable bonds is 1. The van der Waals surface area contributed by atoms with Crippen LogP contribution in [0, 0.1) is 0 Å². The number of para-hydroxylation sites is 1. The van der Waals surface area contributed by atoms with Gasteiger partial charge in [-0.1, -0.05) is 31.0 Å². The molecule has 2 aromatic rings. The molecule has 1 N–H and O–H groups in total. The lowest BCUT2D eigenvalue weighted by Crippen LogP contribution is -2.54. The zero-order chi connectivity index (χ0) is 14.2. The minimum atomic E-state index is 0.117. The summed E-state index contributed by atoms with van der Waals surface area (Å²) < 4.78 is 5.85. The monoisotopic (exact) mass is 284 g/mol. The normalized spacial score (nSPS) is 25.8. The largest absolute Gasteiger partial charge is 0.374 e. The summed E-state index contributed by atoms with van der Waals surface area (Å²) in [6.07, 6.45) is 4.80. The average molecular weight is 284 g/mol. The van der Waals surface area contributed by atoms with Gasteiger partial charge in [-0.05, 0) is 25.0 Å². The number of morpholine rings is 1. The van der Waals surface area contributed by atoms with Gasteiger partial charge in [-0.25, -0.2) is 0 Å². The van der Waals surface area contributed by atoms with Crippen molar-refractivity contribution in [3.05, 3.63) is 36.0 Å². The van der Waals surface area contributed by atoms with Crippen molar-refractivity contribution in [3.63, 3.8) is 0 Å². The van der Waals surface area contributed by atoms with Gasteiger partial charge in [0, 0.05) is 17.4 Å². The Kier molecular flexibility index (Phi) is 3.19. The van der Waals surface area contributed by atoms with Crippen molar-refractivity contribution in [2.24, 2.45) is 0 Å². The van der Waals surface area contributed by atoms with Gasteiger partial charge in [0.05, 0.1) is 18.8 Å². The number of benzene rings is 1. The highest BCUT2D eigenvalue weighted by molar-refractivity contribution is 5.98. The molecule has 110 valence electrons. The number of ether oxygens (including phenoxy) is 1. The first-order valence-electron chi connectivity index (χ1n) is 7.83. The molecule has 4 rings (SSSR count). The van der Waals surface area contributed by atoms with E-state index in [0.717, 1.165) is 23.7 Å². The summed E-state index contributed by atoms with van der Waals surface area (Å²) in [5, 5.41) is 1.09. The van der Waals surface area contributed by atoms with Crippen LogP contribution in [-0.2, 0) is 4.74 Å². The van der Waals surface area contributed by atoms with Gasteiger partial charge in [-0.2, -0.15) is 0 Å². The van der Waals surface area contributed by atoms with Gasteiger partial charge in [0.15, 0.2) is 0 Å². The standard InChI is InChI=1S/C17H20N2O2/c20-17(14-11-12-5-1-2-6-13(12)18-14)19-9-10-21-16-8-4-3-7-15(16)19/h1-2,5-6,11,15-16,18H,3-4,7-10H2/t15-,16-/m0/s1. The third-order valence-electron chi connectivity index (χ3n) is 4.75. The highest BCUT2D eigenvalue weighted by atomic mass is 16.5. The molecule has 0 bridgehead atoms. The molecular formula is C17H20N2O2. The summed E-state index contributed by atoms with van der Waals surface area (Å²) >= 11 is 0. The number of hydrogen-bond donors (Lipinski definition) is 1. The summed E-state index contributed by atoms with van der Waals surface area (Å²) in [6, 6.07) is 10.2. The summed E-state index contributed by atoms with van der Waals surface area (Å²) in [6.45, 7) is 1.36. The molecule has 1 aliphatic carbocycles. The van der Waals surface area contributed by atoms with Crippen molar-refractivity contribution in [2.45, 2.75) is 37.8 Å². The molecule has 21 heavy (non-hydrogen) atoms. The summed E-state index contributed by atoms with van der Waals surface area (Å²) in [5.41, 5.74) is 1.72. The maximum Gasteiger partial charge on any atom is 0.270 e. The lowest BCUT2D eigenvalue weighted by molar-refractivity contribution is -0.0754. The van der Waals surface area contributed by atoms with E-state index in [1.165, 1.54) is 12.8 Å². The molecule has 4 nitrogen and oxygen atoms in total. The van der Waals surface area contributed by atoms with Gasteiger partial charge in [-0.15, -0.1) is 0 Å². The molecule has 1 amide bonds. The zero-order valence-electron chi connectivity index (χ0n) is 12.0. The van der Waals surface area contributed by atoms with Crippen LogP contribution in [0.15, 0.2) is 30.3 Å². The first kappa shape index (κ1) is 12.9. The van der Waals surface area contributed by atoms with E-state index in [2.05, 4.69) is 4.98 Å². The van der Waals surface area contributed by atoms with Crippen LogP contribution in [0.2, 0.25) is 0 Å². The molecule has 1 aromatic heterocycles. The van der Waals surface area contributed by atoms with E-state index >= 15 is 0 Å². The molecule has 1 saturated heterocycles. The Morgan fingerprint density at radius 3 is 3.00 bits per heavy atom. The fourth-order valence-corrected chi connectivity index (χ4v) is 3.69. The molecule has 0 radical (unpaired) electrons. The van der Waals surface area contributed by atoms with E-state index in [0.29, 0.717) is 18.8 Å². The number of carbonyl (C=O) groups excluding carboxylic acids is 1. The van der Waals surface area contributed by atoms with Gasteiger partial charge in [0.1, 0.15) is 5.69 Å². The molecule has 1 aromatic carbocycles. The van der Waals surface area contributed by atoms with E-state index in [9.17, 15) is 4.79 Å². The van der Waals surface area contributed by atoms with Crippen molar-refractivity contribution in [1.29, 1.82) is 0 Å². The molecule has 2 fully saturated rings. The predicted molar refractivity (Wildman–Crippen MR) is 81.3 cm³/mol. The number of hydrogen-bond acceptors (Lipinski definition) is 2. The first-order valence-corrected chi connectivity index (χ1v) is 7.83. The number of H-pyrrole nitrogens is 1. The zero-order valence-corrected chi connectivity index (χ0v) is 12.0. The molecule has 1 aliphatic heterocycles. The van der Waals surface area contributed by atoms with Crippen LogP contribution in [0.4, 0.5) is 0 Å². The van der Waals surface area contributed by atoms with E-state index in [-0.39, 0.29) is 18.1 Å². The van der Waals surface area contributed by atoms with Crippen molar-refractivity contribution < 1.29 is 9.53 Å². The predicted octanol–water partition coefficient (Wildman–Crippen LogP) is 2.95. The third kappa shape index (κ3) is 2.23. The van der Waals surface area contributed by atoms with Crippen LogP contribution in [0.25, 0.3) is 10.9 Å². The second-order valence-electron chi connectivity index (χ2n) is 6.03. The van der Waals surface area contributed by atoms with Crippen LogP contribution in [0.1, 0.15) is 36.2 Å². The fourth-order valence-electron chi connectivity index (χ4n) is 3.69. The van der Waals surface area contributed by atoms with Gasteiger partial charge >= 0.3 is 0 Å². The molecule has 2 heterocycles. The quantitative estimate of drug-likeness (QED) is 0.875. The summed E-state index contributed by atoms with van der Waals surface area (Å²) in [7, 11) is 0. The van der Waals surface area contributed by atoms with E-state index < -0.39 is 0 Å². The second kappa shape index (κ2) is 5.19. The molecule has 0 spiro atoms. The molecule has 2 aliphatic rings. The van der Waals surface area contributed by atoms with E-state index in [1.54, 1.807) is 0 Å². The number of carbonyl (C=O) groups is 1. The Morgan fingerprint density at radius 1 is 1.24 bits per heavy atom. The Labute approximate surface area is 124 Å². The lowest BCUT2D eigenvalue weighted by Gasteiger charge is -2.43. The topological polar surface area (TPSA) is 45.3 Å². The van der Waals surface area contributed by atoms with Crippen LogP contribution in [-0.4, -0.2) is 41.1 Å². The third-order valence-corrected chi connectivity index (χ3v) is 4.75. The number of nitrogens with zero attached hydrogens (tertiary/aromatic N) is 1. The van der Waals surface area contributed by atoms with Crippen LogP contribution >= 0.6 is 0 Å². The second-order valence-corrected chi connectivity index (χ2v) is 6.03. The highest BCUT2D eigenvalue weighted by Crippen LogP contribution is 2.29. The van der Waals surface area contributed by atoms with E-state index in [1.807, 2.05) is 35.2 Å². The number of fused-ring (bicyclic) bond motifs is 2. The van der Waals surface area contributed by atoms with Crippen LogP contribution < -0.4 is 0 Å². The molecule has 2 atom stereocenters. The van der Waals surface area contributed by atoms with Crippen molar-refractivity contribution in [1.82, 2.24) is 9.88 Å². The average Bonchev–Trinajstić information content (AvgIpc) is 2.97. The van der Waals surface area contributed by atoms with Crippen LogP contribution in [0.5, 0.6) is 0 Å². The van der Waals surface area contributed by atoms with Gasteiger partial charge in [0.25, 0.3) is 5.91 Å². The molecule has 1 saturated carbocycles. The minimum absolute atomic E-state index is 0.117. The number of nitrogens with one attached hydrogen (secondary N) is 1. The SMILES string of the molecule is O=C(c1cc2ccccc2[nH]1)N1CCO[C@H]2CCCC[C@@H]21. The van der Waals surface area contributed by atoms with Crippen molar-refractivity contribution in [2.75, 3.05) is 13.2 Å². The van der Waals surface area contributed by atoms with Gasteiger partial charge in [0.2, 0.25) is 0 Å². The number of aromatic amines is 1. The molecule has 4 heteroatoms. The van der Waals surface area contributed by atoms with Crippen molar-refractivity contribution >= 4 is 16.8 Å². The minimum Gasteiger partial charge on any atom is -0.374 e. The summed E-state index contributed by atoms with van der Waals surface area (Å²) in [4.78, 5) is 18.1. The number of amides is 1. The van der Waals surface area contributed by atoms with E-state index in [4.69, 9.17) is 4.74 Å². The maximum absolute atomic E-state index is 12.9. The number of aromatic nitrogens is 1. The highest BCUT2D eigenvalue weighted by Gasteiger charge is 2.37. The summed E-state index contributed by atoms with van der Waals surface area (Å²) in [5.74, 6) is 0.117. The van der Waals surface area contributed by atoms with Crippen molar-refractivity contribution in [3.8, 4) is 0 Å². The van der Waals surface area contributed by atoms with Gasteiger partial charge in [-0.3, -0.25) is 4.79 Å². The lowest BCUT2D eigenvalue weighted by atomic mass is 9.90. The first-order chi connectivity index (χ1) is 10.3. The Morgan fingerprint density at radius 2 is 2.10 bits per heavy atom. The Bertz CT molecular complexity index is 629. The Hall–Kier alpha value is -1.81.